The van der Waals surface area contributed by atoms with E-state index < -0.39 is 22.1 Å². The van der Waals surface area contributed by atoms with Crippen molar-refractivity contribution in [2.24, 2.45) is 5.92 Å². The molecule has 0 atom stereocenters. The quantitative estimate of drug-likeness (QED) is 0.566. The van der Waals surface area contributed by atoms with E-state index in [4.69, 9.17) is 5.11 Å². The molecule has 1 fully saturated rings. The molecule has 8 nitrogen and oxygen atoms in total. The minimum absolute atomic E-state index is 0.0286. The van der Waals surface area contributed by atoms with Crippen molar-refractivity contribution in [3.8, 4) is 0 Å². The number of carboxylic acids is 1. The summed E-state index contributed by atoms with van der Waals surface area (Å²) >= 11 is 0. The molecule has 0 spiro atoms. The second kappa shape index (κ2) is 6.83. The molecule has 110 valence electrons. The van der Waals surface area contributed by atoms with Crippen LogP contribution in [0, 0.1) is 5.92 Å². The van der Waals surface area contributed by atoms with Gasteiger partial charge in [-0.15, -0.1) is 0 Å². The molecule has 1 aliphatic rings. The Balaban J connectivity index is 2.42. The number of carbonyl (C=O) groups excluding carboxylic acids is 1. The maximum Gasteiger partial charge on any atom is 0.306 e. The fourth-order valence-electron chi connectivity index (χ4n) is 1.85. The minimum atomic E-state index is -3.63. The zero-order chi connectivity index (χ0) is 14.5. The van der Waals surface area contributed by atoms with Gasteiger partial charge in [0.2, 0.25) is 5.91 Å². The van der Waals surface area contributed by atoms with Crippen molar-refractivity contribution in [2.45, 2.75) is 19.3 Å². The Labute approximate surface area is 112 Å². The van der Waals surface area contributed by atoms with Crippen LogP contribution in [0.1, 0.15) is 19.3 Å². The Hall–Kier alpha value is -1.19. The van der Waals surface area contributed by atoms with Crippen LogP contribution in [0.4, 0.5) is 0 Å². The minimum Gasteiger partial charge on any atom is -0.481 e. The van der Waals surface area contributed by atoms with Crippen LogP contribution >= 0.6 is 0 Å². The number of nitrogens with one attached hydrogen (secondary N) is 2. The number of piperidine rings is 1. The maximum absolute atomic E-state index is 11.9. The van der Waals surface area contributed by atoms with Gasteiger partial charge in [0.05, 0.1) is 5.92 Å². The summed E-state index contributed by atoms with van der Waals surface area (Å²) in [6, 6.07) is 0. The van der Waals surface area contributed by atoms with E-state index in [1.807, 2.05) is 0 Å². The van der Waals surface area contributed by atoms with Crippen LogP contribution in [0.15, 0.2) is 0 Å². The molecule has 0 radical (unpaired) electrons. The molecule has 1 saturated heterocycles. The molecular weight excluding hydrogens is 274 g/mol. The predicted octanol–water partition coefficient (Wildman–Crippen LogP) is -1.25. The Bertz CT molecular complexity index is 428. The second-order valence-electron chi connectivity index (χ2n) is 4.33. The van der Waals surface area contributed by atoms with Crippen LogP contribution in [-0.4, -0.2) is 56.4 Å². The van der Waals surface area contributed by atoms with Gasteiger partial charge in [0, 0.05) is 33.1 Å². The summed E-state index contributed by atoms with van der Waals surface area (Å²) in [6.07, 6.45) is 0.693. The Morgan fingerprint density at radius 1 is 1.32 bits per heavy atom. The molecule has 1 amide bonds. The second-order valence-corrected chi connectivity index (χ2v) is 6.09. The third kappa shape index (κ3) is 4.77. The summed E-state index contributed by atoms with van der Waals surface area (Å²) in [5, 5.41) is 11.2. The number of amides is 1. The van der Waals surface area contributed by atoms with Gasteiger partial charge in [-0.2, -0.15) is 12.7 Å². The standard InChI is InChI=1S/C10H19N3O5S/c1-11-9(14)2-5-12-19(17,18)13-6-3-8(4-7-13)10(15)16/h8,12H,2-7H2,1H3,(H,11,14)(H,15,16). The number of aliphatic carboxylic acids is 1. The monoisotopic (exact) mass is 293 g/mol. The van der Waals surface area contributed by atoms with E-state index in [2.05, 4.69) is 10.0 Å². The van der Waals surface area contributed by atoms with Gasteiger partial charge in [0.25, 0.3) is 10.2 Å². The zero-order valence-electron chi connectivity index (χ0n) is 10.8. The van der Waals surface area contributed by atoms with Crippen molar-refractivity contribution >= 4 is 22.1 Å². The molecule has 0 saturated carbocycles. The van der Waals surface area contributed by atoms with Crippen LogP contribution in [0.3, 0.4) is 0 Å². The molecule has 0 aromatic heterocycles. The lowest BCUT2D eigenvalue weighted by Gasteiger charge is -2.29. The van der Waals surface area contributed by atoms with Gasteiger partial charge in [-0.3, -0.25) is 9.59 Å². The Morgan fingerprint density at radius 2 is 1.89 bits per heavy atom. The first-order valence-corrected chi connectivity index (χ1v) is 7.49. The van der Waals surface area contributed by atoms with Crippen molar-refractivity contribution in [1.29, 1.82) is 0 Å². The summed E-state index contributed by atoms with van der Waals surface area (Å²) < 4.78 is 27.3. The molecule has 0 aliphatic carbocycles. The highest BCUT2D eigenvalue weighted by Gasteiger charge is 2.30. The largest absolute Gasteiger partial charge is 0.481 e. The highest BCUT2D eigenvalue weighted by molar-refractivity contribution is 7.87. The first-order valence-electron chi connectivity index (χ1n) is 6.05. The van der Waals surface area contributed by atoms with Crippen LogP contribution in [0.2, 0.25) is 0 Å². The molecule has 1 aliphatic heterocycles. The van der Waals surface area contributed by atoms with Crippen molar-refractivity contribution in [3.63, 3.8) is 0 Å². The summed E-state index contributed by atoms with van der Waals surface area (Å²) in [5.74, 6) is -1.60. The van der Waals surface area contributed by atoms with E-state index in [1.54, 1.807) is 0 Å². The van der Waals surface area contributed by atoms with Gasteiger partial charge in [0.15, 0.2) is 0 Å². The molecular formula is C10H19N3O5S. The van der Waals surface area contributed by atoms with Crippen molar-refractivity contribution in [2.75, 3.05) is 26.7 Å². The number of hydrogen-bond acceptors (Lipinski definition) is 4. The van der Waals surface area contributed by atoms with Gasteiger partial charge in [-0.05, 0) is 12.8 Å². The molecule has 19 heavy (non-hydrogen) atoms. The van der Waals surface area contributed by atoms with E-state index in [0.29, 0.717) is 12.8 Å². The third-order valence-corrected chi connectivity index (χ3v) is 4.67. The third-order valence-electron chi connectivity index (χ3n) is 3.06. The fraction of sp³-hybridized carbons (Fsp3) is 0.800. The maximum atomic E-state index is 11.9. The highest BCUT2D eigenvalue weighted by Crippen LogP contribution is 2.18. The van der Waals surface area contributed by atoms with Crippen LogP contribution in [-0.2, 0) is 19.8 Å². The van der Waals surface area contributed by atoms with Crippen molar-refractivity contribution in [1.82, 2.24) is 14.3 Å². The van der Waals surface area contributed by atoms with Crippen LogP contribution < -0.4 is 10.0 Å². The van der Waals surface area contributed by atoms with Gasteiger partial charge < -0.3 is 10.4 Å². The van der Waals surface area contributed by atoms with Crippen molar-refractivity contribution < 1.29 is 23.1 Å². The smallest absolute Gasteiger partial charge is 0.306 e. The van der Waals surface area contributed by atoms with E-state index >= 15 is 0 Å². The van der Waals surface area contributed by atoms with Gasteiger partial charge in [-0.1, -0.05) is 0 Å². The van der Waals surface area contributed by atoms with Crippen molar-refractivity contribution in [3.05, 3.63) is 0 Å². The fourth-order valence-corrected chi connectivity index (χ4v) is 3.09. The number of carbonyl (C=O) groups is 2. The van der Waals surface area contributed by atoms with Gasteiger partial charge in [-0.25, -0.2) is 4.72 Å². The Kier molecular flexibility index (Phi) is 5.70. The summed E-state index contributed by atoms with van der Waals surface area (Å²) in [4.78, 5) is 21.7. The van der Waals surface area contributed by atoms with E-state index in [0.717, 1.165) is 0 Å². The topological polar surface area (TPSA) is 116 Å². The predicted molar refractivity (Wildman–Crippen MR) is 67.5 cm³/mol. The average Bonchev–Trinajstić information content (AvgIpc) is 2.38. The number of rotatable bonds is 6. The number of nitrogens with zero attached hydrogens (tertiary/aromatic N) is 1. The molecule has 3 N–H and O–H groups in total. The SMILES string of the molecule is CNC(=O)CCNS(=O)(=O)N1CCC(C(=O)O)CC1. The van der Waals surface area contributed by atoms with E-state index in [-0.39, 0.29) is 32.0 Å². The molecule has 1 heterocycles. The number of carboxylic acid groups (broad SMARTS) is 1. The zero-order valence-corrected chi connectivity index (χ0v) is 11.6. The van der Waals surface area contributed by atoms with E-state index in [9.17, 15) is 18.0 Å². The van der Waals surface area contributed by atoms with E-state index in [1.165, 1.54) is 11.4 Å². The molecule has 0 aromatic rings. The number of hydrogen-bond donors (Lipinski definition) is 3. The highest BCUT2D eigenvalue weighted by atomic mass is 32.2. The summed E-state index contributed by atoms with van der Waals surface area (Å²) in [6.45, 7) is 0.402. The normalized spacial score (nSPS) is 18.2. The first-order chi connectivity index (χ1) is 8.86. The molecule has 0 bridgehead atoms. The van der Waals surface area contributed by atoms with Crippen LogP contribution in [0.5, 0.6) is 0 Å². The lowest BCUT2D eigenvalue weighted by molar-refractivity contribution is -0.143. The van der Waals surface area contributed by atoms with Gasteiger partial charge >= 0.3 is 5.97 Å². The molecule has 0 unspecified atom stereocenters. The molecule has 1 rings (SSSR count). The molecule has 9 heteroatoms. The van der Waals surface area contributed by atoms with Crippen LogP contribution in [0.25, 0.3) is 0 Å². The lowest BCUT2D eigenvalue weighted by Crippen LogP contribution is -2.46. The summed E-state index contributed by atoms with van der Waals surface area (Å²) in [7, 11) is -2.15. The first kappa shape index (κ1) is 15.9. The van der Waals surface area contributed by atoms with Gasteiger partial charge in [0.1, 0.15) is 0 Å². The molecule has 0 aromatic carbocycles. The summed E-state index contributed by atoms with van der Waals surface area (Å²) in [5.41, 5.74) is 0. The lowest BCUT2D eigenvalue weighted by atomic mass is 9.99. The Morgan fingerprint density at radius 3 is 2.37 bits per heavy atom. The average molecular weight is 293 g/mol.